The molecule has 3 aromatic rings. The molecule has 3 aromatic carbocycles. The van der Waals surface area contributed by atoms with Gasteiger partial charge < -0.3 is 14.4 Å². The minimum atomic E-state index is 0.233. The van der Waals surface area contributed by atoms with Crippen molar-refractivity contribution >= 4 is 11.4 Å². The molecule has 0 radical (unpaired) electrons. The molecule has 0 N–H and O–H groups in total. The largest absolute Gasteiger partial charge is 0.489 e. The standard InChI is InChI=1S/C24H27NO2/c1-19(26-3)17-20-9-11-22(12-10-20)25(2)23-13-15-24(16-14-23)27-18-21-7-5-4-6-8-21/h4-16,19H,17-18H2,1-3H3. The molecule has 0 saturated carbocycles. The zero-order chi connectivity index (χ0) is 19.1. The zero-order valence-corrected chi connectivity index (χ0v) is 16.3. The summed E-state index contributed by atoms with van der Waals surface area (Å²) in [7, 11) is 3.83. The third-order valence-corrected chi connectivity index (χ3v) is 4.72. The van der Waals surface area contributed by atoms with Gasteiger partial charge in [-0.2, -0.15) is 0 Å². The highest BCUT2D eigenvalue weighted by Crippen LogP contribution is 2.26. The zero-order valence-electron chi connectivity index (χ0n) is 16.3. The molecule has 0 fully saturated rings. The SMILES string of the molecule is COC(C)Cc1ccc(N(C)c2ccc(OCc3ccccc3)cc2)cc1. The summed E-state index contributed by atoms with van der Waals surface area (Å²) < 4.78 is 11.2. The Hall–Kier alpha value is -2.78. The van der Waals surface area contributed by atoms with Gasteiger partial charge in [-0.1, -0.05) is 42.5 Å². The van der Waals surface area contributed by atoms with Gasteiger partial charge in [0.15, 0.2) is 0 Å². The van der Waals surface area contributed by atoms with Gasteiger partial charge in [-0.05, 0) is 60.9 Å². The van der Waals surface area contributed by atoms with Crippen LogP contribution in [0, 0.1) is 0 Å². The Balaban J connectivity index is 1.60. The van der Waals surface area contributed by atoms with Gasteiger partial charge in [0.1, 0.15) is 12.4 Å². The van der Waals surface area contributed by atoms with E-state index in [0.717, 1.165) is 23.5 Å². The molecule has 0 aromatic heterocycles. The maximum Gasteiger partial charge on any atom is 0.119 e. The Labute approximate surface area is 162 Å². The number of hydrogen-bond acceptors (Lipinski definition) is 3. The summed E-state index contributed by atoms with van der Waals surface area (Å²) in [5.41, 5.74) is 4.73. The third-order valence-electron chi connectivity index (χ3n) is 4.72. The Morgan fingerprint density at radius 3 is 1.96 bits per heavy atom. The topological polar surface area (TPSA) is 21.7 Å². The smallest absolute Gasteiger partial charge is 0.119 e. The van der Waals surface area contributed by atoms with Crippen molar-refractivity contribution in [3.05, 3.63) is 90.0 Å². The molecular formula is C24H27NO2. The number of nitrogens with zero attached hydrogens (tertiary/aromatic N) is 1. The second-order valence-electron chi connectivity index (χ2n) is 6.74. The lowest BCUT2D eigenvalue weighted by atomic mass is 10.1. The maximum atomic E-state index is 5.87. The van der Waals surface area contributed by atoms with Crippen molar-refractivity contribution in [1.82, 2.24) is 0 Å². The van der Waals surface area contributed by atoms with Crippen LogP contribution in [-0.4, -0.2) is 20.3 Å². The van der Waals surface area contributed by atoms with E-state index in [1.807, 2.05) is 30.3 Å². The molecule has 0 saturated heterocycles. The second kappa shape index (κ2) is 9.24. The minimum Gasteiger partial charge on any atom is -0.489 e. The van der Waals surface area contributed by atoms with Crippen LogP contribution >= 0.6 is 0 Å². The van der Waals surface area contributed by atoms with E-state index in [-0.39, 0.29) is 6.10 Å². The monoisotopic (exact) mass is 361 g/mol. The molecule has 0 amide bonds. The van der Waals surface area contributed by atoms with Gasteiger partial charge in [-0.25, -0.2) is 0 Å². The van der Waals surface area contributed by atoms with E-state index in [9.17, 15) is 0 Å². The van der Waals surface area contributed by atoms with Crippen LogP contribution in [0.15, 0.2) is 78.9 Å². The first kappa shape index (κ1) is 19.0. The van der Waals surface area contributed by atoms with Crippen LogP contribution in [0.1, 0.15) is 18.1 Å². The fourth-order valence-corrected chi connectivity index (χ4v) is 2.93. The number of benzene rings is 3. The lowest BCUT2D eigenvalue weighted by Gasteiger charge is -2.20. The normalized spacial score (nSPS) is 11.8. The van der Waals surface area contributed by atoms with Gasteiger partial charge in [-0.15, -0.1) is 0 Å². The van der Waals surface area contributed by atoms with Gasteiger partial charge in [0.25, 0.3) is 0 Å². The first-order valence-corrected chi connectivity index (χ1v) is 9.28. The number of methoxy groups -OCH3 is 1. The minimum absolute atomic E-state index is 0.233. The van der Waals surface area contributed by atoms with Crippen molar-refractivity contribution < 1.29 is 9.47 Å². The number of hydrogen-bond donors (Lipinski definition) is 0. The highest BCUT2D eigenvalue weighted by molar-refractivity contribution is 5.63. The van der Waals surface area contributed by atoms with E-state index in [1.54, 1.807) is 7.11 Å². The predicted molar refractivity (Wildman–Crippen MR) is 112 cm³/mol. The second-order valence-corrected chi connectivity index (χ2v) is 6.74. The summed E-state index contributed by atoms with van der Waals surface area (Å²) in [6.07, 6.45) is 1.16. The lowest BCUT2D eigenvalue weighted by Crippen LogP contribution is -2.11. The predicted octanol–water partition coefficient (Wildman–Crippen LogP) is 5.61. The van der Waals surface area contributed by atoms with E-state index in [2.05, 4.69) is 67.4 Å². The Morgan fingerprint density at radius 1 is 0.778 bits per heavy atom. The van der Waals surface area contributed by atoms with Crippen molar-refractivity contribution in [3.8, 4) is 5.75 Å². The molecule has 0 heterocycles. The van der Waals surface area contributed by atoms with Crippen molar-refractivity contribution in [2.75, 3.05) is 19.1 Å². The summed E-state index contributed by atoms with van der Waals surface area (Å²) in [6, 6.07) is 27.0. The molecule has 0 aliphatic carbocycles. The molecule has 27 heavy (non-hydrogen) atoms. The van der Waals surface area contributed by atoms with Gasteiger partial charge in [0, 0.05) is 25.5 Å². The molecule has 3 rings (SSSR count). The molecular weight excluding hydrogens is 334 g/mol. The van der Waals surface area contributed by atoms with Crippen LogP contribution in [-0.2, 0) is 17.8 Å². The van der Waals surface area contributed by atoms with Crippen LogP contribution in [0.2, 0.25) is 0 Å². The summed E-state index contributed by atoms with van der Waals surface area (Å²) in [5.74, 6) is 0.875. The van der Waals surface area contributed by atoms with E-state index in [0.29, 0.717) is 6.61 Å². The van der Waals surface area contributed by atoms with E-state index < -0.39 is 0 Å². The van der Waals surface area contributed by atoms with Crippen LogP contribution in [0.4, 0.5) is 11.4 Å². The van der Waals surface area contributed by atoms with E-state index >= 15 is 0 Å². The van der Waals surface area contributed by atoms with Crippen molar-refractivity contribution in [2.24, 2.45) is 0 Å². The molecule has 3 heteroatoms. The van der Waals surface area contributed by atoms with Crippen molar-refractivity contribution in [2.45, 2.75) is 26.1 Å². The van der Waals surface area contributed by atoms with Gasteiger partial charge in [0.2, 0.25) is 0 Å². The first-order valence-electron chi connectivity index (χ1n) is 9.28. The van der Waals surface area contributed by atoms with Gasteiger partial charge >= 0.3 is 0 Å². The first-order chi connectivity index (χ1) is 13.2. The van der Waals surface area contributed by atoms with Crippen molar-refractivity contribution in [1.29, 1.82) is 0 Å². The summed E-state index contributed by atoms with van der Waals surface area (Å²) >= 11 is 0. The summed E-state index contributed by atoms with van der Waals surface area (Å²) in [5, 5.41) is 0. The number of rotatable bonds is 8. The fourth-order valence-electron chi connectivity index (χ4n) is 2.93. The van der Waals surface area contributed by atoms with E-state index in [1.165, 1.54) is 11.1 Å². The highest BCUT2D eigenvalue weighted by atomic mass is 16.5. The molecule has 0 bridgehead atoms. The lowest BCUT2D eigenvalue weighted by molar-refractivity contribution is 0.119. The average Bonchev–Trinajstić information content (AvgIpc) is 2.73. The van der Waals surface area contributed by atoms with Crippen molar-refractivity contribution in [3.63, 3.8) is 0 Å². The number of ether oxygens (including phenoxy) is 2. The molecule has 1 atom stereocenters. The Morgan fingerprint density at radius 2 is 1.37 bits per heavy atom. The Bertz CT molecular complexity index is 813. The summed E-state index contributed by atoms with van der Waals surface area (Å²) in [6.45, 7) is 2.67. The maximum absolute atomic E-state index is 5.87. The summed E-state index contributed by atoms with van der Waals surface area (Å²) in [4.78, 5) is 2.17. The quantitative estimate of drug-likeness (QED) is 0.520. The average molecular weight is 361 g/mol. The molecule has 140 valence electrons. The van der Waals surface area contributed by atoms with Gasteiger partial charge in [0.05, 0.1) is 6.10 Å². The van der Waals surface area contributed by atoms with Crippen LogP contribution < -0.4 is 9.64 Å². The fraction of sp³-hybridized carbons (Fsp3) is 0.250. The van der Waals surface area contributed by atoms with Gasteiger partial charge in [-0.3, -0.25) is 0 Å². The Kier molecular flexibility index (Phi) is 6.50. The third kappa shape index (κ3) is 5.35. The number of anilines is 2. The van der Waals surface area contributed by atoms with Crippen LogP contribution in [0.25, 0.3) is 0 Å². The highest BCUT2D eigenvalue weighted by Gasteiger charge is 2.06. The van der Waals surface area contributed by atoms with Crippen LogP contribution in [0.5, 0.6) is 5.75 Å². The van der Waals surface area contributed by atoms with E-state index in [4.69, 9.17) is 9.47 Å². The molecule has 0 aliphatic heterocycles. The molecule has 0 aliphatic rings. The molecule has 3 nitrogen and oxygen atoms in total. The molecule has 1 unspecified atom stereocenters. The van der Waals surface area contributed by atoms with Crippen LogP contribution in [0.3, 0.4) is 0 Å². The molecule has 0 spiro atoms.